The van der Waals surface area contributed by atoms with E-state index in [0.717, 1.165) is 17.0 Å². The van der Waals surface area contributed by atoms with Gasteiger partial charge < -0.3 is 14.1 Å². The third-order valence-electron chi connectivity index (χ3n) is 4.50. The fraction of sp³-hybridized carbons (Fsp3) is 0.238. The predicted molar refractivity (Wildman–Crippen MR) is 96.5 cm³/mol. The SMILES string of the molecule is O=C(Cc1ccc(F)cc1)N1CCc2nc(COc3ccccc3)oc2C1. The maximum absolute atomic E-state index is 13.0. The summed E-state index contributed by atoms with van der Waals surface area (Å²) in [5, 5.41) is 0. The van der Waals surface area contributed by atoms with Crippen molar-refractivity contribution >= 4 is 5.91 Å². The van der Waals surface area contributed by atoms with Crippen LogP contribution in [-0.4, -0.2) is 22.3 Å². The highest BCUT2D eigenvalue weighted by atomic mass is 19.1. The Bertz CT molecular complexity index is 922. The Hall–Kier alpha value is -3.15. The van der Waals surface area contributed by atoms with Crippen molar-refractivity contribution in [1.29, 1.82) is 0 Å². The van der Waals surface area contributed by atoms with E-state index in [0.29, 0.717) is 31.2 Å². The van der Waals surface area contributed by atoms with Crippen LogP contribution in [0.2, 0.25) is 0 Å². The molecule has 3 aromatic rings. The van der Waals surface area contributed by atoms with Crippen LogP contribution in [0.5, 0.6) is 5.75 Å². The summed E-state index contributed by atoms with van der Waals surface area (Å²) in [7, 11) is 0. The van der Waals surface area contributed by atoms with Gasteiger partial charge in [0, 0.05) is 13.0 Å². The lowest BCUT2D eigenvalue weighted by Crippen LogP contribution is -2.36. The minimum Gasteiger partial charge on any atom is -0.484 e. The molecule has 0 spiro atoms. The number of carbonyl (C=O) groups is 1. The molecule has 0 aliphatic carbocycles. The van der Waals surface area contributed by atoms with Crippen molar-refractivity contribution in [3.05, 3.63) is 83.3 Å². The number of carbonyl (C=O) groups excluding carboxylic acids is 1. The van der Waals surface area contributed by atoms with Crippen LogP contribution < -0.4 is 4.74 Å². The first-order valence-electron chi connectivity index (χ1n) is 8.85. The lowest BCUT2D eigenvalue weighted by molar-refractivity contribution is -0.131. The molecule has 0 bridgehead atoms. The highest BCUT2D eigenvalue weighted by Crippen LogP contribution is 2.22. The Kier molecular flexibility index (Phi) is 4.87. The first-order chi connectivity index (χ1) is 13.2. The summed E-state index contributed by atoms with van der Waals surface area (Å²) in [5.41, 5.74) is 1.68. The predicted octanol–water partition coefficient (Wildman–Crippen LogP) is 3.52. The van der Waals surface area contributed by atoms with Gasteiger partial charge in [-0.2, -0.15) is 0 Å². The standard InChI is InChI=1S/C21H19FN2O3/c22-16-8-6-15(7-9-16)12-21(25)24-11-10-18-19(13-24)27-20(23-18)14-26-17-4-2-1-3-5-17/h1-9H,10-14H2. The molecule has 27 heavy (non-hydrogen) atoms. The highest BCUT2D eigenvalue weighted by molar-refractivity contribution is 5.79. The second kappa shape index (κ2) is 7.61. The van der Waals surface area contributed by atoms with E-state index in [2.05, 4.69) is 4.98 Å². The number of nitrogens with zero attached hydrogens (tertiary/aromatic N) is 2. The summed E-state index contributed by atoms with van der Waals surface area (Å²) in [6.07, 6.45) is 0.896. The van der Waals surface area contributed by atoms with Gasteiger partial charge in [-0.1, -0.05) is 30.3 Å². The Balaban J connectivity index is 1.37. The van der Waals surface area contributed by atoms with Gasteiger partial charge in [-0.15, -0.1) is 0 Å². The number of benzene rings is 2. The molecule has 138 valence electrons. The van der Waals surface area contributed by atoms with Crippen LogP contribution >= 0.6 is 0 Å². The van der Waals surface area contributed by atoms with Crippen LogP contribution in [0.3, 0.4) is 0 Å². The van der Waals surface area contributed by atoms with Crippen molar-refractivity contribution in [3.8, 4) is 5.75 Å². The van der Waals surface area contributed by atoms with E-state index >= 15 is 0 Å². The van der Waals surface area contributed by atoms with E-state index in [1.807, 2.05) is 30.3 Å². The first kappa shape index (κ1) is 17.3. The molecular formula is C21H19FN2O3. The number of amides is 1. The van der Waals surface area contributed by atoms with E-state index in [4.69, 9.17) is 9.15 Å². The molecule has 0 N–H and O–H groups in total. The average molecular weight is 366 g/mol. The maximum atomic E-state index is 13.0. The largest absolute Gasteiger partial charge is 0.484 e. The van der Waals surface area contributed by atoms with Gasteiger partial charge in [0.15, 0.2) is 6.61 Å². The van der Waals surface area contributed by atoms with E-state index in [1.165, 1.54) is 12.1 Å². The molecule has 1 aliphatic heterocycles. The van der Waals surface area contributed by atoms with Crippen molar-refractivity contribution in [2.45, 2.75) is 26.0 Å². The van der Waals surface area contributed by atoms with Gasteiger partial charge in [-0.25, -0.2) is 9.37 Å². The summed E-state index contributed by atoms with van der Waals surface area (Å²) in [4.78, 5) is 18.8. The number of hydrogen-bond acceptors (Lipinski definition) is 4. The van der Waals surface area contributed by atoms with Crippen molar-refractivity contribution in [1.82, 2.24) is 9.88 Å². The number of rotatable bonds is 5. The molecule has 0 unspecified atom stereocenters. The number of aromatic nitrogens is 1. The molecule has 2 aromatic carbocycles. The third-order valence-corrected chi connectivity index (χ3v) is 4.50. The van der Waals surface area contributed by atoms with E-state index in [-0.39, 0.29) is 24.8 Å². The minimum atomic E-state index is -0.305. The molecule has 1 amide bonds. The Labute approximate surface area is 156 Å². The van der Waals surface area contributed by atoms with Gasteiger partial charge in [0.05, 0.1) is 18.7 Å². The van der Waals surface area contributed by atoms with Crippen LogP contribution in [0.1, 0.15) is 22.9 Å². The molecule has 0 fully saturated rings. The van der Waals surface area contributed by atoms with Crippen LogP contribution in [0.15, 0.2) is 59.0 Å². The number of para-hydroxylation sites is 1. The molecule has 0 saturated carbocycles. The lowest BCUT2D eigenvalue weighted by atomic mass is 10.1. The Morgan fingerprint density at radius 3 is 2.70 bits per heavy atom. The molecule has 4 rings (SSSR count). The smallest absolute Gasteiger partial charge is 0.232 e. The van der Waals surface area contributed by atoms with Gasteiger partial charge >= 0.3 is 0 Å². The fourth-order valence-electron chi connectivity index (χ4n) is 3.07. The third kappa shape index (κ3) is 4.16. The summed E-state index contributed by atoms with van der Waals surface area (Å²) in [6.45, 7) is 1.24. The lowest BCUT2D eigenvalue weighted by Gasteiger charge is -2.25. The molecule has 6 heteroatoms. The van der Waals surface area contributed by atoms with Crippen molar-refractivity contribution in [2.75, 3.05) is 6.54 Å². The highest BCUT2D eigenvalue weighted by Gasteiger charge is 2.25. The zero-order chi connectivity index (χ0) is 18.6. The monoisotopic (exact) mass is 366 g/mol. The molecule has 5 nitrogen and oxygen atoms in total. The Morgan fingerprint density at radius 2 is 1.93 bits per heavy atom. The normalized spacial score (nSPS) is 13.3. The molecular weight excluding hydrogens is 347 g/mol. The molecule has 0 atom stereocenters. The van der Waals surface area contributed by atoms with Crippen molar-refractivity contribution in [3.63, 3.8) is 0 Å². The van der Waals surface area contributed by atoms with Gasteiger partial charge in [0.25, 0.3) is 0 Å². The maximum Gasteiger partial charge on any atom is 0.232 e. The zero-order valence-corrected chi connectivity index (χ0v) is 14.7. The number of oxazole rings is 1. The number of halogens is 1. The van der Waals surface area contributed by atoms with Crippen LogP contribution in [0, 0.1) is 5.82 Å². The summed E-state index contributed by atoms with van der Waals surface area (Å²) < 4.78 is 24.5. The second-order valence-electron chi connectivity index (χ2n) is 6.45. The van der Waals surface area contributed by atoms with Gasteiger partial charge in [-0.05, 0) is 29.8 Å². The second-order valence-corrected chi connectivity index (χ2v) is 6.45. The van der Waals surface area contributed by atoms with E-state index in [9.17, 15) is 9.18 Å². The number of fused-ring (bicyclic) bond motifs is 1. The molecule has 2 heterocycles. The summed E-state index contributed by atoms with van der Waals surface area (Å²) >= 11 is 0. The topological polar surface area (TPSA) is 55.6 Å². The van der Waals surface area contributed by atoms with E-state index in [1.54, 1.807) is 17.0 Å². The number of ether oxygens (including phenoxy) is 1. The number of hydrogen-bond donors (Lipinski definition) is 0. The van der Waals surface area contributed by atoms with Gasteiger partial charge in [0.1, 0.15) is 17.3 Å². The summed E-state index contributed by atoms with van der Waals surface area (Å²) in [6, 6.07) is 15.5. The molecule has 1 aliphatic rings. The van der Waals surface area contributed by atoms with Crippen molar-refractivity contribution < 1.29 is 18.3 Å². The van der Waals surface area contributed by atoms with Crippen LogP contribution in [0.4, 0.5) is 4.39 Å². The molecule has 0 radical (unpaired) electrons. The first-order valence-corrected chi connectivity index (χ1v) is 8.85. The van der Waals surface area contributed by atoms with Crippen LogP contribution in [-0.2, 0) is 30.8 Å². The van der Waals surface area contributed by atoms with Crippen molar-refractivity contribution in [2.24, 2.45) is 0 Å². The Morgan fingerprint density at radius 1 is 1.15 bits per heavy atom. The van der Waals surface area contributed by atoms with Crippen LogP contribution in [0.25, 0.3) is 0 Å². The quantitative estimate of drug-likeness (QED) is 0.693. The minimum absolute atomic E-state index is 0.00857. The van der Waals surface area contributed by atoms with E-state index < -0.39 is 0 Å². The van der Waals surface area contributed by atoms with Gasteiger partial charge in [-0.3, -0.25) is 4.79 Å². The molecule has 1 aromatic heterocycles. The zero-order valence-electron chi connectivity index (χ0n) is 14.7. The molecule has 0 saturated heterocycles. The summed E-state index contributed by atoms with van der Waals surface area (Å²) in [5.74, 6) is 1.66. The average Bonchev–Trinajstić information content (AvgIpc) is 3.11. The fourth-order valence-corrected chi connectivity index (χ4v) is 3.07. The van der Waals surface area contributed by atoms with Gasteiger partial charge in [0.2, 0.25) is 11.8 Å².